The number of rotatable bonds is 5. The molecule has 13 heteroatoms. The summed E-state index contributed by atoms with van der Waals surface area (Å²) in [7, 11) is 4.15. The zero-order valence-electron chi connectivity index (χ0n) is 18.5. The summed E-state index contributed by atoms with van der Waals surface area (Å²) in [5.74, 6) is -1.11. The molecule has 0 saturated heterocycles. The Bertz CT molecular complexity index is 1280. The molecular weight excluding hydrogens is 551 g/mol. The Kier molecular flexibility index (Phi) is 7.93. The van der Waals surface area contributed by atoms with Crippen LogP contribution >= 0.6 is 39.1 Å². The van der Waals surface area contributed by atoms with Crippen molar-refractivity contribution in [2.75, 3.05) is 26.5 Å². The van der Waals surface area contributed by atoms with Crippen LogP contribution in [0.1, 0.15) is 26.4 Å². The van der Waals surface area contributed by atoms with Crippen molar-refractivity contribution in [2.45, 2.75) is 6.92 Å². The topological polar surface area (TPSA) is 110 Å². The van der Waals surface area contributed by atoms with Crippen LogP contribution in [0.25, 0.3) is 5.82 Å². The fourth-order valence-corrected chi connectivity index (χ4v) is 3.94. The van der Waals surface area contributed by atoms with E-state index < -0.39 is 17.9 Å². The van der Waals surface area contributed by atoms with Crippen LogP contribution in [-0.2, 0) is 4.74 Å². The third-order valence-corrected chi connectivity index (χ3v) is 5.46. The van der Waals surface area contributed by atoms with Crippen LogP contribution in [0.3, 0.4) is 0 Å². The largest absolute Gasteiger partial charge is 0.451 e. The van der Waals surface area contributed by atoms with Gasteiger partial charge in [0.1, 0.15) is 10.3 Å². The number of carbonyl (C=O) groups excluding carboxylic acids is 3. The molecule has 0 aliphatic heterocycles. The van der Waals surface area contributed by atoms with Gasteiger partial charge in [-0.1, -0.05) is 23.2 Å². The summed E-state index contributed by atoms with van der Waals surface area (Å²) in [6.07, 6.45) is 0.609. The Morgan fingerprint density at radius 2 is 1.88 bits per heavy atom. The summed E-state index contributed by atoms with van der Waals surface area (Å²) in [5, 5.41) is 9.53. The molecule has 0 bridgehead atoms. The fraction of sp³-hybridized carbons (Fsp3) is 0.190. The number of amides is 3. The lowest BCUT2D eigenvalue weighted by molar-refractivity contribution is 0.0194. The molecule has 0 fully saturated rings. The highest BCUT2D eigenvalue weighted by Crippen LogP contribution is 2.29. The van der Waals surface area contributed by atoms with Gasteiger partial charge in [-0.3, -0.25) is 9.59 Å². The average molecular weight is 570 g/mol. The second-order valence-corrected chi connectivity index (χ2v) is 8.76. The third kappa shape index (κ3) is 5.22. The number of hydrogen-bond acceptors (Lipinski definition) is 7. The number of halogens is 3. The summed E-state index contributed by atoms with van der Waals surface area (Å²) in [5.41, 5.74) is 0.732. The first kappa shape index (κ1) is 25.6. The van der Waals surface area contributed by atoms with Gasteiger partial charge < -0.3 is 10.1 Å². The lowest BCUT2D eigenvalue weighted by atomic mass is 10.1. The van der Waals surface area contributed by atoms with E-state index in [4.69, 9.17) is 27.9 Å². The predicted molar refractivity (Wildman–Crippen MR) is 130 cm³/mol. The summed E-state index contributed by atoms with van der Waals surface area (Å²) in [6.45, 7) is 1.67. The van der Waals surface area contributed by atoms with E-state index in [2.05, 4.69) is 31.3 Å². The lowest BCUT2D eigenvalue weighted by Gasteiger charge is -2.26. The minimum Gasteiger partial charge on any atom is -0.451 e. The molecule has 1 N–H and O–H groups in total. The maximum Gasteiger partial charge on any atom is 0.431 e. The maximum absolute atomic E-state index is 13.3. The molecule has 10 nitrogen and oxygen atoms in total. The van der Waals surface area contributed by atoms with Gasteiger partial charge in [0.2, 0.25) is 0 Å². The standard InChI is InChI=1S/C21H19BrCl2N6O4/c1-11-8-12(23)9-13(20(32)30(28(2)3)21(33)34-4)17(11)26-19(31)15-10-16(22)27-29(15)18-14(24)6-5-7-25-18/h5-10H,1-4H3,(H,26,31). The van der Waals surface area contributed by atoms with Crippen molar-refractivity contribution in [3.05, 3.63) is 68.0 Å². The van der Waals surface area contributed by atoms with Gasteiger partial charge in [0.15, 0.2) is 5.82 Å². The summed E-state index contributed by atoms with van der Waals surface area (Å²) in [4.78, 5) is 43.0. The van der Waals surface area contributed by atoms with Crippen LogP contribution in [0.5, 0.6) is 0 Å². The molecule has 0 atom stereocenters. The van der Waals surface area contributed by atoms with Gasteiger partial charge in [-0.25, -0.2) is 19.5 Å². The van der Waals surface area contributed by atoms with Crippen molar-refractivity contribution in [1.29, 1.82) is 0 Å². The van der Waals surface area contributed by atoms with Gasteiger partial charge in [-0.2, -0.15) is 10.1 Å². The van der Waals surface area contributed by atoms with E-state index in [0.29, 0.717) is 10.2 Å². The quantitative estimate of drug-likeness (QED) is 0.448. The molecule has 0 saturated carbocycles. The molecule has 0 radical (unpaired) electrons. The van der Waals surface area contributed by atoms with E-state index >= 15 is 0 Å². The lowest BCUT2D eigenvalue weighted by Crippen LogP contribution is -2.46. The Morgan fingerprint density at radius 1 is 1.18 bits per heavy atom. The first-order valence-electron chi connectivity index (χ1n) is 9.62. The number of pyridine rings is 1. The zero-order valence-corrected chi connectivity index (χ0v) is 21.6. The van der Waals surface area contributed by atoms with Gasteiger partial charge >= 0.3 is 6.09 Å². The normalized spacial score (nSPS) is 10.8. The first-order valence-corrected chi connectivity index (χ1v) is 11.2. The second kappa shape index (κ2) is 10.5. The third-order valence-electron chi connectivity index (χ3n) is 4.56. The Balaban J connectivity index is 2.07. The Hall–Kier alpha value is -2.99. The van der Waals surface area contributed by atoms with Crippen molar-refractivity contribution < 1.29 is 19.1 Å². The van der Waals surface area contributed by atoms with Gasteiger partial charge in [-0.05, 0) is 52.7 Å². The minimum absolute atomic E-state index is 0.0153. The van der Waals surface area contributed by atoms with Crippen LogP contribution in [0.2, 0.25) is 10.0 Å². The van der Waals surface area contributed by atoms with E-state index in [0.717, 1.165) is 12.1 Å². The van der Waals surface area contributed by atoms with Crippen molar-refractivity contribution in [3.8, 4) is 5.82 Å². The number of nitrogens with zero attached hydrogens (tertiary/aromatic N) is 5. The van der Waals surface area contributed by atoms with Crippen LogP contribution in [0.15, 0.2) is 41.1 Å². The molecule has 0 aliphatic rings. The molecule has 3 amide bonds. The molecular formula is C21H19BrCl2N6O4. The number of aromatic nitrogens is 3. The number of hydrazine groups is 1. The Morgan fingerprint density at radius 3 is 2.50 bits per heavy atom. The number of benzene rings is 1. The van der Waals surface area contributed by atoms with Gasteiger partial charge in [0.05, 0.1) is 23.4 Å². The van der Waals surface area contributed by atoms with Crippen LogP contribution < -0.4 is 5.32 Å². The van der Waals surface area contributed by atoms with Crippen LogP contribution in [0.4, 0.5) is 10.5 Å². The zero-order chi connectivity index (χ0) is 25.2. The number of hydrogen-bond donors (Lipinski definition) is 1. The SMILES string of the molecule is COC(=O)N(C(=O)c1cc(Cl)cc(C)c1NC(=O)c1cc(Br)nn1-c1ncccc1Cl)N(C)C. The number of nitrogens with one attached hydrogen (secondary N) is 1. The molecule has 1 aromatic carbocycles. The van der Waals surface area contributed by atoms with Crippen molar-refractivity contribution in [1.82, 2.24) is 24.8 Å². The van der Waals surface area contributed by atoms with E-state index in [1.165, 1.54) is 42.1 Å². The average Bonchev–Trinajstić information content (AvgIpc) is 3.16. The number of carbonyl (C=O) groups is 3. The van der Waals surface area contributed by atoms with Gasteiger partial charge in [-0.15, -0.1) is 0 Å². The number of ether oxygens (including phenoxy) is 1. The predicted octanol–water partition coefficient (Wildman–Crippen LogP) is 4.58. The van der Waals surface area contributed by atoms with Gasteiger partial charge in [0.25, 0.3) is 11.8 Å². The molecule has 2 aromatic heterocycles. The number of imide groups is 1. The molecule has 0 unspecified atom stereocenters. The van der Waals surface area contributed by atoms with Crippen molar-refractivity contribution in [3.63, 3.8) is 0 Å². The summed E-state index contributed by atoms with van der Waals surface area (Å²) < 4.78 is 6.36. The maximum atomic E-state index is 13.3. The molecule has 3 rings (SSSR count). The van der Waals surface area contributed by atoms with E-state index in [1.807, 2.05) is 0 Å². The first-order chi connectivity index (χ1) is 16.0. The highest BCUT2D eigenvalue weighted by atomic mass is 79.9. The molecule has 34 heavy (non-hydrogen) atoms. The Labute approximate surface area is 213 Å². The minimum atomic E-state index is -0.906. The number of methoxy groups -OCH3 is 1. The summed E-state index contributed by atoms with van der Waals surface area (Å²) >= 11 is 15.7. The molecule has 0 spiro atoms. The monoisotopic (exact) mass is 568 g/mol. The molecule has 178 valence electrons. The van der Waals surface area contributed by atoms with E-state index in [9.17, 15) is 14.4 Å². The number of aryl methyl sites for hydroxylation is 1. The smallest absolute Gasteiger partial charge is 0.431 e. The van der Waals surface area contributed by atoms with E-state index in [-0.39, 0.29) is 32.8 Å². The van der Waals surface area contributed by atoms with E-state index in [1.54, 1.807) is 25.1 Å². The molecule has 2 heterocycles. The number of anilines is 1. The fourth-order valence-electron chi connectivity index (χ4n) is 3.09. The van der Waals surface area contributed by atoms with Gasteiger partial charge in [0, 0.05) is 31.4 Å². The van der Waals surface area contributed by atoms with Crippen molar-refractivity contribution in [2.24, 2.45) is 0 Å². The van der Waals surface area contributed by atoms with Crippen LogP contribution in [0, 0.1) is 6.92 Å². The molecule has 0 aliphatic carbocycles. The van der Waals surface area contributed by atoms with Crippen LogP contribution in [-0.4, -0.2) is 63.9 Å². The summed E-state index contributed by atoms with van der Waals surface area (Å²) in [6, 6.07) is 7.68. The second-order valence-electron chi connectivity index (χ2n) is 7.11. The highest BCUT2D eigenvalue weighted by molar-refractivity contribution is 9.10. The molecule has 3 aromatic rings. The van der Waals surface area contributed by atoms with Crippen molar-refractivity contribution >= 4 is 62.7 Å². The highest BCUT2D eigenvalue weighted by Gasteiger charge is 2.30.